The molecule has 1 saturated heterocycles. The highest BCUT2D eigenvalue weighted by Gasteiger charge is 2.64. The molecule has 1 aliphatic heterocycles. The lowest BCUT2D eigenvalue weighted by atomic mass is 10.0. The Balaban J connectivity index is 2.16. The van der Waals surface area contributed by atoms with Crippen LogP contribution in [0.15, 0.2) is 0 Å². The van der Waals surface area contributed by atoms with E-state index in [1.54, 1.807) is 0 Å². The van der Waals surface area contributed by atoms with Crippen LogP contribution in [0.1, 0.15) is 13.8 Å². The van der Waals surface area contributed by atoms with Gasteiger partial charge in [0, 0.05) is 6.54 Å². The maximum absolute atomic E-state index is 8.68. The molecule has 0 unspecified atom stereocenters. The third-order valence-electron chi connectivity index (χ3n) is 3.20. The highest BCUT2D eigenvalue weighted by atomic mass is 15.0. The van der Waals surface area contributed by atoms with Crippen LogP contribution in [0.3, 0.4) is 0 Å². The summed E-state index contributed by atoms with van der Waals surface area (Å²) in [6.45, 7) is 5.57. The number of nitriles is 1. The van der Waals surface area contributed by atoms with Gasteiger partial charge in [0.15, 0.2) is 0 Å². The molecular weight excluding hydrogens is 124 g/mol. The summed E-state index contributed by atoms with van der Waals surface area (Å²) in [6, 6.07) is 2.44. The number of fused-ring (bicyclic) bond motifs is 1. The Labute approximate surface area is 61.2 Å². The molecule has 1 aliphatic carbocycles. The molecule has 0 aromatic rings. The van der Waals surface area contributed by atoms with E-state index in [2.05, 4.69) is 25.2 Å². The quantitative estimate of drug-likeness (QED) is 0.533. The van der Waals surface area contributed by atoms with E-state index in [0.717, 1.165) is 12.5 Å². The first kappa shape index (κ1) is 6.18. The minimum Gasteiger partial charge on any atom is -0.301 e. The topological polar surface area (TPSA) is 35.8 Å². The summed E-state index contributed by atoms with van der Waals surface area (Å²) >= 11 is 0. The van der Waals surface area contributed by atoms with Gasteiger partial charge in [-0.1, -0.05) is 13.8 Å². The summed E-state index contributed by atoms with van der Waals surface area (Å²) in [5.41, 5.74) is 0.450. The molecule has 0 spiro atoms. The van der Waals surface area contributed by atoms with Crippen molar-refractivity contribution >= 4 is 0 Å². The van der Waals surface area contributed by atoms with Crippen molar-refractivity contribution in [1.82, 2.24) is 5.32 Å². The van der Waals surface area contributed by atoms with Crippen molar-refractivity contribution < 1.29 is 0 Å². The zero-order valence-electron chi connectivity index (χ0n) is 6.39. The fraction of sp³-hybridized carbons (Fsp3) is 0.875. The van der Waals surface area contributed by atoms with E-state index in [4.69, 9.17) is 5.26 Å². The molecule has 3 atom stereocenters. The predicted molar refractivity (Wildman–Crippen MR) is 38.2 cm³/mol. The van der Waals surface area contributed by atoms with Crippen molar-refractivity contribution in [3.63, 3.8) is 0 Å². The lowest BCUT2D eigenvalue weighted by Crippen LogP contribution is -2.28. The normalized spacial score (nSPS) is 47.9. The molecule has 2 fully saturated rings. The molecule has 54 valence electrons. The van der Waals surface area contributed by atoms with Crippen LogP contribution in [0.2, 0.25) is 0 Å². The van der Waals surface area contributed by atoms with Crippen LogP contribution in [0.25, 0.3) is 0 Å². The standard InChI is InChI=1S/C8H12N2/c1-8(2)5-4-10-6(3-9)7(5)8/h5-7,10H,4H2,1-2H3/t5-,6+,7-/m1/s1. The third kappa shape index (κ3) is 0.518. The monoisotopic (exact) mass is 136 g/mol. The molecule has 1 heterocycles. The summed E-state index contributed by atoms with van der Waals surface area (Å²) in [6.07, 6.45) is 0. The van der Waals surface area contributed by atoms with E-state index >= 15 is 0 Å². The summed E-state index contributed by atoms with van der Waals surface area (Å²) in [7, 11) is 0. The Morgan fingerprint density at radius 1 is 1.60 bits per heavy atom. The van der Waals surface area contributed by atoms with Gasteiger partial charge in [-0.3, -0.25) is 0 Å². The van der Waals surface area contributed by atoms with Gasteiger partial charge in [-0.25, -0.2) is 0 Å². The smallest absolute Gasteiger partial charge is 0.0990 e. The summed E-state index contributed by atoms with van der Waals surface area (Å²) in [4.78, 5) is 0. The summed E-state index contributed by atoms with van der Waals surface area (Å²) in [5, 5.41) is 11.9. The molecule has 0 aromatic heterocycles. The van der Waals surface area contributed by atoms with Crippen LogP contribution >= 0.6 is 0 Å². The van der Waals surface area contributed by atoms with Gasteiger partial charge in [0.25, 0.3) is 0 Å². The average Bonchev–Trinajstić information content (AvgIpc) is 2.28. The number of rotatable bonds is 0. The highest BCUT2D eigenvalue weighted by Crippen LogP contribution is 2.62. The lowest BCUT2D eigenvalue weighted by molar-refractivity contribution is 0.442. The van der Waals surface area contributed by atoms with Gasteiger partial charge < -0.3 is 5.32 Å². The summed E-state index contributed by atoms with van der Waals surface area (Å²) < 4.78 is 0. The fourth-order valence-electron chi connectivity index (χ4n) is 2.35. The zero-order valence-corrected chi connectivity index (χ0v) is 6.39. The van der Waals surface area contributed by atoms with Gasteiger partial charge >= 0.3 is 0 Å². The van der Waals surface area contributed by atoms with E-state index in [0.29, 0.717) is 11.3 Å². The Morgan fingerprint density at radius 3 is 2.60 bits per heavy atom. The van der Waals surface area contributed by atoms with Crippen molar-refractivity contribution in [2.75, 3.05) is 6.54 Å². The maximum atomic E-state index is 8.68. The molecular formula is C8H12N2. The first-order valence-electron chi connectivity index (χ1n) is 3.81. The third-order valence-corrected chi connectivity index (χ3v) is 3.20. The molecule has 0 bridgehead atoms. The SMILES string of the molecule is CC1(C)[C@H]2[C@H](C#N)NC[C@H]21. The van der Waals surface area contributed by atoms with Crippen LogP contribution in [0.5, 0.6) is 0 Å². The molecule has 1 N–H and O–H groups in total. The second kappa shape index (κ2) is 1.54. The molecule has 2 heteroatoms. The van der Waals surface area contributed by atoms with Crippen LogP contribution < -0.4 is 5.32 Å². The maximum Gasteiger partial charge on any atom is 0.0990 e. The van der Waals surface area contributed by atoms with E-state index in [9.17, 15) is 0 Å². The van der Waals surface area contributed by atoms with Gasteiger partial charge in [-0.15, -0.1) is 0 Å². The molecule has 2 nitrogen and oxygen atoms in total. The van der Waals surface area contributed by atoms with Crippen LogP contribution in [0.4, 0.5) is 0 Å². The van der Waals surface area contributed by atoms with Crippen LogP contribution in [-0.2, 0) is 0 Å². The first-order chi connectivity index (χ1) is 4.68. The number of hydrogen-bond donors (Lipinski definition) is 1. The van der Waals surface area contributed by atoms with Crippen molar-refractivity contribution in [2.24, 2.45) is 17.3 Å². The largest absolute Gasteiger partial charge is 0.301 e. The molecule has 2 aliphatic rings. The van der Waals surface area contributed by atoms with Gasteiger partial charge in [-0.05, 0) is 17.3 Å². The molecule has 1 saturated carbocycles. The number of nitrogens with one attached hydrogen (secondary N) is 1. The van der Waals surface area contributed by atoms with Gasteiger partial charge in [-0.2, -0.15) is 5.26 Å². The van der Waals surface area contributed by atoms with E-state index in [1.807, 2.05) is 0 Å². The van der Waals surface area contributed by atoms with E-state index < -0.39 is 0 Å². The number of hydrogen-bond acceptors (Lipinski definition) is 2. The van der Waals surface area contributed by atoms with Crippen molar-refractivity contribution in [1.29, 1.82) is 5.26 Å². The van der Waals surface area contributed by atoms with Crippen molar-refractivity contribution in [2.45, 2.75) is 19.9 Å². The van der Waals surface area contributed by atoms with Crippen molar-refractivity contribution in [3.05, 3.63) is 0 Å². The molecule has 10 heavy (non-hydrogen) atoms. The van der Waals surface area contributed by atoms with E-state index in [1.165, 1.54) is 0 Å². The molecule has 0 aromatic carbocycles. The Morgan fingerprint density at radius 2 is 2.30 bits per heavy atom. The fourth-order valence-corrected chi connectivity index (χ4v) is 2.35. The van der Waals surface area contributed by atoms with Gasteiger partial charge in [0.2, 0.25) is 0 Å². The van der Waals surface area contributed by atoms with E-state index in [-0.39, 0.29) is 6.04 Å². The highest BCUT2D eigenvalue weighted by molar-refractivity contribution is 5.20. The zero-order chi connectivity index (χ0) is 7.35. The van der Waals surface area contributed by atoms with Crippen LogP contribution in [0, 0.1) is 28.6 Å². The first-order valence-corrected chi connectivity index (χ1v) is 3.81. The minimum atomic E-state index is 0.139. The Kier molecular flexibility index (Phi) is 0.952. The Hall–Kier alpha value is -0.550. The second-order valence-electron chi connectivity index (χ2n) is 3.97. The number of nitrogens with zero attached hydrogens (tertiary/aromatic N) is 1. The van der Waals surface area contributed by atoms with Gasteiger partial charge in [0.1, 0.15) is 0 Å². The molecule has 0 amide bonds. The van der Waals surface area contributed by atoms with Crippen LogP contribution in [-0.4, -0.2) is 12.6 Å². The Bertz CT molecular complexity index is 202. The lowest BCUT2D eigenvalue weighted by Gasteiger charge is -2.11. The number of piperidine rings is 1. The molecule has 2 rings (SSSR count). The predicted octanol–water partition coefficient (Wildman–Crippen LogP) is 0.754. The average molecular weight is 136 g/mol. The van der Waals surface area contributed by atoms with Gasteiger partial charge in [0.05, 0.1) is 12.1 Å². The minimum absolute atomic E-state index is 0.139. The molecule has 0 radical (unpaired) electrons. The van der Waals surface area contributed by atoms with Crippen molar-refractivity contribution in [3.8, 4) is 6.07 Å². The summed E-state index contributed by atoms with van der Waals surface area (Å²) in [5.74, 6) is 1.41. The second-order valence-corrected chi connectivity index (χ2v) is 3.97.